The zero-order valence-electron chi connectivity index (χ0n) is 28.5. The first kappa shape index (κ1) is 44.9. The molecule has 0 radical (unpaired) electrons. The first-order valence-electron chi connectivity index (χ1n) is 15.2. The van der Waals surface area contributed by atoms with Crippen molar-refractivity contribution in [2.24, 2.45) is 15.9 Å². The van der Waals surface area contributed by atoms with Gasteiger partial charge in [-0.05, 0) is 59.8 Å². The van der Waals surface area contributed by atoms with Crippen molar-refractivity contribution in [2.45, 2.75) is 101 Å². The number of halogens is 1. The van der Waals surface area contributed by atoms with E-state index in [1.165, 1.54) is 11.8 Å². The Morgan fingerprint density at radius 3 is 2.30 bits per heavy atom. The van der Waals surface area contributed by atoms with Gasteiger partial charge in [0.05, 0.1) is 18.3 Å². The summed E-state index contributed by atoms with van der Waals surface area (Å²) in [7, 11) is 1.68. The minimum absolute atomic E-state index is 0.0209. The van der Waals surface area contributed by atoms with E-state index in [1.807, 2.05) is 60.6 Å². The zero-order chi connectivity index (χ0) is 33.6. The summed E-state index contributed by atoms with van der Waals surface area (Å²) in [6, 6.07) is 0. The number of ketones is 1. The van der Waals surface area contributed by atoms with Crippen molar-refractivity contribution < 1.29 is 14.3 Å². The summed E-state index contributed by atoms with van der Waals surface area (Å²) in [6.07, 6.45) is 14.7. The molecule has 0 aromatic carbocycles. The first-order valence-corrected chi connectivity index (χ1v) is 16.4. The van der Waals surface area contributed by atoms with E-state index < -0.39 is 6.10 Å². The zero-order valence-corrected chi connectivity index (χ0v) is 30.1. The van der Waals surface area contributed by atoms with Crippen molar-refractivity contribution in [1.29, 1.82) is 0 Å². The van der Waals surface area contributed by atoms with Gasteiger partial charge in [0.15, 0.2) is 5.78 Å². The number of carbonyl (C=O) groups is 1. The molecule has 0 aromatic heterocycles. The fraction of sp³-hybridized carbons (Fsp3) is 0.571. The average molecular weight is 636 g/mol. The Hall–Kier alpha value is -2.53. The summed E-state index contributed by atoms with van der Waals surface area (Å²) in [5.74, 6) is 3.99. The molecule has 6 nitrogen and oxygen atoms in total. The average Bonchev–Trinajstić information content (AvgIpc) is 3.82. The van der Waals surface area contributed by atoms with Gasteiger partial charge >= 0.3 is 0 Å². The lowest BCUT2D eigenvalue weighted by molar-refractivity contribution is -0.116. The SMILES string of the molecule is C#CC.C=CC/C(C(=O)CCC(=NC)N/C=C(\C)Cl)=C(/OCC1CC1)C(C=CC)OCC(=C)SC(C)=NCC.CC.CC. The maximum atomic E-state index is 13.4. The van der Waals surface area contributed by atoms with E-state index >= 15 is 0 Å². The monoisotopic (exact) mass is 635 g/mol. The number of ether oxygens (including phenoxy) is 2. The highest BCUT2D eigenvalue weighted by Crippen LogP contribution is 2.32. The highest BCUT2D eigenvalue weighted by Gasteiger charge is 2.27. The maximum Gasteiger partial charge on any atom is 0.163 e. The van der Waals surface area contributed by atoms with Crippen LogP contribution in [-0.2, 0) is 14.3 Å². The lowest BCUT2D eigenvalue weighted by Crippen LogP contribution is -2.23. The normalized spacial score (nSPS) is 14.3. The number of Topliss-reactive ketones (excluding diaryl/α,β-unsaturated/α-hetero) is 1. The molecule has 1 unspecified atom stereocenters. The number of hydrogen-bond donors (Lipinski definition) is 1. The minimum Gasteiger partial charge on any atom is -0.494 e. The van der Waals surface area contributed by atoms with Gasteiger partial charge in [0.1, 0.15) is 17.7 Å². The van der Waals surface area contributed by atoms with Crippen LogP contribution in [0.4, 0.5) is 0 Å². The molecule has 244 valence electrons. The molecular formula is C35H58ClN3O3S. The number of nitrogens with one attached hydrogen (secondary N) is 1. The van der Waals surface area contributed by atoms with Gasteiger partial charge in [-0.3, -0.25) is 14.8 Å². The number of thioether (sulfide) groups is 1. The van der Waals surface area contributed by atoms with Gasteiger partial charge in [-0.25, -0.2) is 0 Å². The fourth-order valence-corrected chi connectivity index (χ4v) is 4.01. The second kappa shape index (κ2) is 30.9. The Balaban J connectivity index is -0.00000210. The van der Waals surface area contributed by atoms with E-state index in [0.717, 1.165) is 29.3 Å². The number of allylic oxidation sites excluding steroid dienone is 4. The quantitative estimate of drug-likeness (QED) is 0.0430. The molecule has 0 saturated heterocycles. The molecule has 1 N–H and O–H groups in total. The Bertz CT molecular complexity index is 983. The van der Waals surface area contributed by atoms with Gasteiger partial charge < -0.3 is 14.8 Å². The van der Waals surface area contributed by atoms with Crippen LogP contribution >= 0.6 is 23.4 Å². The van der Waals surface area contributed by atoms with E-state index in [0.29, 0.717) is 54.2 Å². The first-order chi connectivity index (χ1) is 20.7. The Labute approximate surface area is 273 Å². The molecule has 8 heteroatoms. The Morgan fingerprint density at radius 1 is 1.23 bits per heavy atom. The summed E-state index contributed by atoms with van der Waals surface area (Å²) in [5.41, 5.74) is 0.579. The van der Waals surface area contributed by atoms with Crippen molar-refractivity contribution in [3.63, 3.8) is 0 Å². The van der Waals surface area contributed by atoms with Crippen LogP contribution in [-0.4, -0.2) is 49.6 Å². The summed E-state index contributed by atoms with van der Waals surface area (Å²) in [5, 5.41) is 4.60. The molecule has 1 aliphatic carbocycles. The van der Waals surface area contributed by atoms with Crippen LogP contribution in [0, 0.1) is 18.3 Å². The molecular weight excluding hydrogens is 578 g/mol. The van der Waals surface area contributed by atoms with Crippen molar-refractivity contribution in [2.75, 3.05) is 26.8 Å². The number of terminal acetylenes is 1. The van der Waals surface area contributed by atoms with Gasteiger partial charge in [0.25, 0.3) is 0 Å². The standard InChI is InChI=1S/C28H42ClN3O3S.C3H4.2C2H6/c1-8-11-24(25(33)15-16-27(30-7)32-17-20(4)29)28(35-19-23-13-14-23)26(12-9-2)34-18-21(5)36-22(6)31-10-3;1-3-2;2*1-2/h8-9,12,17,23,26H,1,5,10-11,13-16,18-19H2,2-4,6-7H3,(H,30,32);1H,2H3;2*1-2H3/b12-9?,20-17+,28-24-,31-22?;;;. The predicted octanol–water partition coefficient (Wildman–Crippen LogP) is 9.65. The number of nitrogens with zero attached hydrogens (tertiary/aromatic N) is 2. The minimum atomic E-state index is -0.507. The van der Waals surface area contributed by atoms with Crippen molar-refractivity contribution in [3.05, 3.63) is 58.9 Å². The topological polar surface area (TPSA) is 72.3 Å². The second-order valence-electron chi connectivity index (χ2n) is 8.74. The third-order valence-corrected chi connectivity index (χ3v) is 6.11. The van der Waals surface area contributed by atoms with Crippen LogP contribution in [0.25, 0.3) is 0 Å². The van der Waals surface area contributed by atoms with Crippen molar-refractivity contribution >= 4 is 40.0 Å². The van der Waals surface area contributed by atoms with Gasteiger partial charge in [0, 0.05) is 48.1 Å². The van der Waals surface area contributed by atoms with Crippen LogP contribution in [0.1, 0.15) is 94.4 Å². The van der Waals surface area contributed by atoms with E-state index in [-0.39, 0.29) is 12.2 Å². The number of rotatable bonds is 17. The molecule has 0 aliphatic heterocycles. The molecule has 0 amide bonds. The third kappa shape index (κ3) is 24.6. The highest BCUT2D eigenvalue weighted by atomic mass is 35.5. The molecule has 1 aliphatic rings. The lowest BCUT2D eigenvalue weighted by atomic mass is 9.99. The summed E-state index contributed by atoms with van der Waals surface area (Å²) in [4.78, 5) is 22.9. The Kier molecular flexibility index (Phi) is 32.3. The van der Waals surface area contributed by atoms with E-state index in [2.05, 4.69) is 40.8 Å². The van der Waals surface area contributed by atoms with E-state index in [9.17, 15) is 4.79 Å². The smallest absolute Gasteiger partial charge is 0.163 e. The van der Waals surface area contributed by atoms with Gasteiger partial charge in [-0.2, -0.15) is 0 Å². The number of hydrogen-bond acceptors (Lipinski definition) is 6. The Morgan fingerprint density at radius 2 is 1.84 bits per heavy atom. The summed E-state index contributed by atoms with van der Waals surface area (Å²) in [6.45, 7) is 26.9. The van der Waals surface area contributed by atoms with Crippen LogP contribution in [0.5, 0.6) is 0 Å². The molecule has 0 heterocycles. The number of aliphatic imine (C=N–C) groups is 2. The summed E-state index contributed by atoms with van der Waals surface area (Å²) < 4.78 is 12.5. The molecule has 1 rings (SSSR count). The van der Waals surface area contributed by atoms with Gasteiger partial charge in [0.2, 0.25) is 0 Å². The van der Waals surface area contributed by atoms with E-state index in [1.54, 1.807) is 33.2 Å². The van der Waals surface area contributed by atoms with Gasteiger partial charge in [-0.15, -0.1) is 18.9 Å². The van der Waals surface area contributed by atoms with Crippen molar-refractivity contribution in [3.8, 4) is 12.3 Å². The molecule has 1 atom stereocenters. The van der Waals surface area contributed by atoms with E-state index in [4.69, 9.17) is 21.1 Å². The largest absolute Gasteiger partial charge is 0.494 e. The van der Waals surface area contributed by atoms with Crippen molar-refractivity contribution in [1.82, 2.24) is 5.32 Å². The highest BCUT2D eigenvalue weighted by molar-refractivity contribution is 8.17. The molecule has 43 heavy (non-hydrogen) atoms. The molecule has 0 bridgehead atoms. The molecule has 1 fully saturated rings. The molecule has 1 saturated carbocycles. The lowest BCUT2D eigenvalue weighted by Gasteiger charge is -2.23. The predicted molar refractivity (Wildman–Crippen MR) is 193 cm³/mol. The number of amidine groups is 1. The van der Waals surface area contributed by atoms with Crippen LogP contribution in [0.15, 0.2) is 68.8 Å². The van der Waals surface area contributed by atoms with Gasteiger partial charge in [-0.1, -0.05) is 75.9 Å². The molecule has 0 aromatic rings. The van der Waals surface area contributed by atoms with Crippen LogP contribution < -0.4 is 5.32 Å². The van der Waals surface area contributed by atoms with Crippen LogP contribution in [0.3, 0.4) is 0 Å². The molecule has 0 spiro atoms. The maximum absolute atomic E-state index is 13.4. The second-order valence-corrected chi connectivity index (χ2v) is 10.7. The summed E-state index contributed by atoms with van der Waals surface area (Å²) >= 11 is 7.41. The third-order valence-electron chi connectivity index (χ3n) is 5.17. The number of carbonyl (C=O) groups excluding carboxylic acids is 1. The van der Waals surface area contributed by atoms with Crippen LogP contribution in [0.2, 0.25) is 0 Å². The fourth-order valence-electron chi connectivity index (χ4n) is 3.21.